The number of carbonyl (C=O) groups is 1. The van der Waals surface area contributed by atoms with Crippen LogP contribution < -0.4 is 10.6 Å². The van der Waals surface area contributed by atoms with E-state index in [1.165, 1.54) is 16.5 Å². The molecule has 0 aliphatic carbocycles. The normalized spacial score (nSPS) is 16.8. The van der Waals surface area contributed by atoms with Crippen LogP contribution in [0, 0.1) is 27.4 Å². The molecule has 0 bridgehead atoms. The van der Waals surface area contributed by atoms with Gasteiger partial charge in [-0.2, -0.15) is 0 Å². The van der Waals surface area contributed by atoms with E-state index in [0.29, 0.717) is 0 Å². The fourth-order valence-electron chi connectivity index (χ4n) is 1.98. The molecule has 2 rings (SSSR count). The van der Waals surface area contributed by atoms with E-state index in [0.717, 1.165) is 11.3 Å². The van der Waals surface area contributed by atoms with Crippen LogP contribution in [0.5, 0.6) is 0 Å². The number of hydrogen-bond acceptors (Lipinski definition) is 4. The number of aliphatic hydroxyl groups is 1. The monoisotopic (exact) mass is 383 g/mol. The van der Waals surface area contributed by atoms with Crippen LogP contribution in [0.2, 0.25) is 0 Å². The van der Waals surface area contributed by atoms with Crippen LogP contribution in [-0.4, -0.2) is 34.2 Å². The largest absolute Gasteiger partial charge is 0.519 e. The van der Waals surface area contributed by atoms with Gasteiger partial charge in [0.2, 0.25) is 5.91 Å². The zero-order valence-corrected chi connectivity index (χ0v) is 16.2. The molecule has 0 spiro atoms. The van der Waals surface area contributed by atoms with Gasteiger partial charge in [0.1, 0.15) is 0 Å². The van der Waals surface area contributed by atoms with Crippen molar-refractivity contribution in [2.75, 3.05) is 0 Å². The van der Waals surface area contributed by atoms with E-state index < -0.39 is 18.2 Å². The molecule has 7 N–H and O–H groups in total. The molecule has 1 aliphatic heterocycles. The van der Waals surface area contributed by atoms with E-state index in [-0.39, 0.29) is 42.4 Å². The quantitative estimate of drug-likeness (QED) is 0.644. The van der Waals surface area contributed by atoms with Crippen LogP contribution in [0.15, 0.2) is 29.2 Å². The zero-order chi connectivity index (χ0) is 15.6. The SMILES string of the molecule is O.O.[CH-]=C[C@H]([CH2-])NC(=O)C1=CC=C(c2csc(C)c2C)NC1O.[Sc]. The maximum absolute atomic E-state index is 12.0. The van der Waals surface area contributed by atoms with Crippen molar-refractivity contribution in [3.05, 3.63) is 58.7 Å². The number of hydrogen-bond donors (Lipinski definition) is 3. The molecule has 2 atom stereocenters. The van der Waals surface area contributed by atoms with Gasteiger partial charge in [0.05, 0.1) is 5.57 Å². The van der Waals surface area contributed by atoms with Crippen molar-refractivity contribution in [3.63, 3.8) is 0 Å². The average Bonchev–Trinajstić information content (AvgIpc) is 2.78. The molecule has 1 aromatic rings. The summed E-state index contributed by atoms with van der Waals surface area (Å²) in [6.07, 6.45) is 3.62. The fourth-order valence-corrected chi connectivity index (χ4v) is 2.87. The molecule has 1 unspecified atom stereocenters. The van der Waals surface area contributed by atoms with Crippen molar-refractivity contribution >= 4 is 22.9 Å². The Hall–Kier alpha value is -1.06. The molecule has 0 saturated carbocycles. The maximum atomic E-state index is 12.0. The Bertz CT molecular complexity index is 640. The summed E-state index contributed by atoms with van der Waals surface area (Å²) < 4.78 is 0. The third-order valence-electron chi connectivity index (χ3n) is 3.40. The standard InChI is InChI=1S/C16H18N2O2S.2H2O.Sc/c1-5-9(2)17-15(19)12-6-7-14(18-16(12)20)13-8-21-11(4)10(13)3;;;/h1,5-9,16,18,20H,2H2,3-4H3,(H,17,19);2*1H2;/q-2;;;/t9-,16?;;;/m0.../s1. The predicted octanol–water partition coefficient (Wildman–Crippen LogP) is 0.210. The van der Waals surface area contributed by atoms with Gasteiger partial charge in [0.25, 0.3) is 0 Å². The van der Waals surface area contributed by atoms with Gasteiger partial charge in [-0.25, -0.2) is 0 Å². The maximum Gasteiger partial charge on any atom is 0.249 e. The first-order valence-corrected chi connectivity index (χ1v) is 7.42. The number of rotatable bonds is 4. The number of aryl methyl sites for hydroxylation is 1. The van der Waals surface area contributed by atoms with Crippen LogP contribution in [0.1, 0.15) is 16.0 Å². The summed E-state index contributed by atoms with van der Waals surface area (Å²) in [7, 11) is 0. The van der Waals surface area contributed by atoms with Gasteiger partial charge in [-0.05, 0) is 31.6 Å². The summed E-state index contributed by atoms with van der Waals surface area (Å²) in [5, 5.41) is 17.7. The summed E-state index contributed by atoms with van der Waals surface area (Å²) in [6.45, 7) is 13.0. The van der Waals surface area contributed by atoms with Crippen LogP contribution in [0.4, 0.5) is 0 Å². The molecule has 1 aromatic heterocycles. The summed E-state index contributed by atoms with van der Waals surface area (Å²) >= 11 is 1.66. The summed E-state index contributed by atoms with van der Waals surface area (Å²) in [6, 6.07) is -0.502. The van der Waals surface area contributed by atoms with Crippen molar-refractivity contribution in [1.29, 1.82) is 0 Å². The van der Waals surface area contributed by atoms with E-state index in [2.05, 4.69) is 24.5 Å². The molecule has 0 saturated heterocycles. The van der Waals surface area contributed by atoms with Crippen LogP contribution >= 0.6 is 11.3 Å². The van der Waals surface area contributed by atoms with Gasteiger partial charge in [0, 0.05) is 47.4 Å². The first-order chi connectivity index (χ1) is 9.93. The van der Waals surface area contributed by atoms with Gasteiger partial charge in [-0.3, -0.25) is 10.9 Å². The van der Waals surface area contributed by atoms with Crippen LogP contribution in [-0.2, 0) is 30.6 Å². The minimum atomic E-state index is -1.06. The Morgan fingerprint density at radius 3 is 2.54 bits per heavy atom. The van der Waals surface area contributed by atoms with Crippen molar-refractivity contribution in [3.8, 4) is 0 Å². The summed E-state index contributed by atoms with van der Waals surface area (Å²) in [4.78, 5) is 13.2. The Kier molecular flexibility index (Phi) is 11.3. The smallest absolute Gasteiger partial charge is 0.249 e. The Morgan fingerprint density at radius 1 is 1.46 bits per heavy atom. The minimum absolute atomic E-state index is 0. The van der Waals surface area contributed by atoms with Gasteiger partial charge in [-0.15, -0.1) is 17.4 Å². The Labute approximate surface area is 164 Å². The van der Waals surface area contributed by atoms with Crippen molar-refractivity contribution in [2.24, 2.45) is 0 Å². The molecular weight excluding hydrogens is 361 g/mol. The van der Waals surface area contributed by atoms with E-state index >= 15 is 0 Å². The molecule has 6 nitrogen and oxygen atoms in total. The Morgan fingerprint density at radius 2 is 2.08 bits per heavy atom. The molecule has 1 aliphatic rings. The van der Waals surface area contributed by atoms with Gasteiger partial charge >= 0.3 is 0 Å². The first kappa shape index (κ1) is 25.2. The van der Waals surface area contributed by atoms with Gasteiger partial charge in [-0.1, -0.05) is 0 Å². The van der Waals surface area contributed by atoms with Crippen LogP contribution in [0.25, 0.3) is 5.70 Å². The second-order valence-electron chi connectivity index (χ2n) is 4.85. The molecule has 0 aromatic carbocycles. The summed E-state index contributed by atoms with van der Waals surface area (Å²) in [5.74, 6) is -0.398. The fraction of sp³-hybridized carbons (Fsp3) is 0.250. The molecule has 1 amide bonds. The Balaban J connectivity index is 0. The third-order valence-corrected chi connectivity index (χ3v) is 4.42. The number of aliphatic hydroxyl groups excluding tert-OH is 1. The zero-order valence-electron chi connectivity index (χ0n) is 13.6. The third kappa shape index (κ3) is 5.49. The number of thiophene rings is 1. The predicted molar refractivity (Wildman–Crippen MR) is 92.4 cm³/mol. The number of dihydropyridines is 1. The van der Waals surface area contributed by atoms with E-state index in [9.17, 15) is 9.90 Å². The number of carbonyl (C=O) groups excluding carboxylic acids is 1. The van der Waals surface area contributed by atoms with E-state index in [1.807, 2.05) is 12.3 Å². The van der Waals surface area contributed by atoms with E-state index in [1.54, 1.807) is 23.5 Å². The van der Waals surface area contributed by atoms with Crippen molar-refractivity contribution in [2.45, 2.75) is 26.1 Å². The molecule has 131 valence electrons. The van der Waals surface area contributed by atoms with Crippen molar-refractivity contribution in [1.82, 2.24) is 10.6 Å². The minimum Gasteiger partial charge on any atom is -0.519 e. The molecule has 8 heteroatoms. The second kappa shape index (κ2) is 10.7. The van der Waals surface area contributed by atoms with Gasteiger partial charge in [0.15, 0.2) is 6.23 Å². The molecule has 1 radical (unpaired) electrons. The average molecular weight is 383 g/mol. The first-order valence-electron chi connectivity index (χ1n) is 6.54. The molecule has 24 heavy (non-hydrogen) atoms. The number of allylic oxidation sites excluding steroid dienone is 2. The topological polar surface area (TPSA) is 124 Å². The number of amides is 1. The molecule has 0 fully saturated rings. The molecule has 2 heterocycles. The number of nitrogens with one attached hydrogen (secondary N) is 2. The van der Waals surface area contributed by atoms with E-state index in [4.69, 9.17) is 6.58 Å². The second-order valence-corrected chi connectivity index (χ2v) is 5.94. The summed E-state index contributed by atoms with van der Waals surface area (Å²) in [5.41, 5.74) is 3.25. The van der Waals surface area contributed by atoms with Crippen LogP contribution in [0.3, 0.4) is 0 Å². The van der Waals surface area contributed by atoms with Crippen molar-refractivity contribution < 1.29 is 46.7 Å². The molecular formula is C16H22N2O4SSc-2. The van der Waals surface area contributed by atoms with Gasteiger partial charge < -0.3 is 40.2 Å².